The molecule has 0 aromatic carbocycles. The predicted octanol–water partition coefficient (Wildman–Crippen LogP) is 1.43. The van der Waals surface area contributed by atoms with E-state index >= 15 is 0 Å². The lowest BCUT2D eigenvalue weighted by molar-refractivity contribution is 0.0202. The van der Waals surface area contributed by atoms with E-state index in [0.717, 1.165) is 51.9 Å². The van der Waals surface area contributed by atoms with Gasteiger partial charge in [-0.15, -0.1) is 0 Å². The predicted molar refractivity (Wildman–Crippen MR) is 57.5 cm³/mol. The van der Waals surface area contributed by atoms with Crippen LogP contribution in [0.3, 0.4) is 0 Å². The monoisotopic (exact) mass is 201 g/mol. The minimum atomic E-state index is 0.739. The lowest BCUT2D eigenvalue weighted by Gasteiger charge is -2.21. The summed E-state index contributed by atoms with van der Waals surface area (Å²) in [4.78, 5) is 0. The summed E-state index contributed by atoms with van der Waals surface area (Å²) in [6.07, 6.45) is 3.47. The summed E-state index contributed by atoms with van der Waals surface area (Å²) in [7, 11) is 0. The Hall–Kier alpha value is -0.120. The first-order valence-corrected chi connectivity index (χ1v) is 5.79. The minimum Gasteiger partial charge on any atom is -0.381 e. The molecule has 1 N–H and O–H groups in total. The first-order chi connectivity index (χ1) is 6.93. The number of nitrogens with one attached hydrogen (secondary N) is 1. The van der Waals surface area contributed by atoms with Crippen LogP contribution in [-0.2, 0) is 9.47 Å². The molecule has 1 heterocycles. The summed E-state index contributed by atoms with van der Waals surface area (Å²) in [5.41, 5.74) is 0. The van der Waals surface area contributed by atoms with Crippen molar-refractivity contribution in [2.45, 2.75) is 26.2 Å². The fraction of sp³-hybridized carbons (Fsp3) is 1.00. The van der Waals surface area contributed by atoms with Gasteiger partial charge in [-0.3, -0.25) is 0 Å². The average molecular weight is 201 g/mol. The Balaban J connectivity index is 1.82. The quantitative estimate of drug-likeness (QED) is 0.632. The molecule has 0 bridgehead atoms. The summed E-state index contributed by atoms with van der Waals surface area (Å²) in [5, 5.41) is 3.29. The molecule has 1 fully saturated rings. The zero-order valence-corrected chi connectivity index (χ0v) is 9.26. The van der Waals surface area contributed by atoms with Crippen LogP contribution in [0.5, 0.6) is 0 Å². The van der Waals surface area contributed by atoms with Crippen molar-refractivity contribution in [2.24, 2.45) is 5.92 Å². The SMILES string of the molecule is CCNCCCOCC1CCOCC1. The van der Waals surface area contributed by atoms with Gasteiger partial charge < -0.3 is 14.8 Å². The zero-order valence-electron chi connectivity index (χ0n) is 9.26. The van der Waals surface area contributed by atoms with Crippen LogP contribution in [0.25, 0.3) is 0 Å². The maximum Gasteiger partial charge on any atom is 0.0495 e. The lowest BCUT2D eigenvalue weighted by atomic mass is 10.0. The van der Waals surface area contributed by atoms with Gasteiger partial charge in [0.25, 0.3) is 0 Å². The van der Waals surface area contributed by atoms with Crippen LogP contribution < -0.4 is 5.32 Å². The molecule has 1 aliphatic rings. The van der Waals surface area contributed by atoms with Crippen molar-refractivity contribution >= 4 is 0 Å². The molecule has 1 aliphatic heterocycles. The molecule has 0 radical (unpaired) electrons. The second kappa shape index (κ2) is 8.21. The van der Waals surface area contributed by atoms with Crippen LogP contribution in [0.4, 0.5) is 0 Å². The summed E-state index contributed by atoms with van der Waals surface area (Å²) in [6, 6.07) is 0. The highest BCUT2D eigenvalue weighted by Crippen LogP contribution is 2.14. The minimum absolute atomic E-state index is 0.739. The highest BCUT2D eigenvalue weighted by molar-refractivity contribution is 4.62. The molecule has 1 rings (SSSR count). The van der Waals surface area contributed by atoms with Crippen molar-refractivity contribution in [2.75, 3.05) is 39.5 Å². The highest BCUT2D eigenvalue weighted by Gasteiger charge is 2.13. The van der Waals surface area contributed by atoms with E-state index < -0.39 is 0 Å². The van der Waals surface area contributed by atoms with Crippen LogP contribution in [0.2, 0.25) is 0 Å². The standard InChI is InChI=1S/C11H23NO2/c1-2-12-6-3-7-14-10-11-4-8-13-9-5-11/h11-12H,2-10H2,1H3. The molecule has 0 amide bonds. The van der Waals surface area contributed by atoms with Gasteiger partial charge in [0.15, 0.2) is 0 Å². The first kappa shape index (κ1) is 12.0. The molecule has 3 nitrogen and oxygen atoms in total. The normalized spacial score (nSPS) is 18.6. The van der Waals surface area contributed by atoms with Gasteiger partial charge in [-0.1, -0.05) is 6.92 Å². The Kier molecular flexibility index (Phi) is 7.01. The lowest BCUT2D eigenvalue weighted by Crippen LogP contribution is -2.21. The van der Waals surface area contributed by atoms with E-state index in [4.69, 9.17) is 9.47 Å². The van der Waals surface area contributed by atoms with Gasteiger partial charge in [-0.2, -0.15) is 0 Å². The third-order valence-corrected chi connectivity index (χ3v) is 2.59. The maximum atomic E-state index is 5.62. The summed E-state index contributed by atoms with van der Waals surface area (Å²) < 4.78 is 10.9. The number of rotatable bonds is 7. The molecular weight excluding hydrogens is 178 g/mol. The average Bonchev–Trinajstić information content (AvgIpc) is 2.25. The third-order valence-electron chi connectivity index (χ3n) is 2.59. The van der Waals surface area contributed by atoms with E-state index in [1.165, 1.54) is 12.8 Å². The van der Waals surface area contributed by atoms with Crippen LogP contribution in [0, 0.1) is 5.92 Å². The number of hydrogen-bond donors (Lipinski definition) is 1. The Morgan fingerprint density at radius 3 is 2.86 bits per heavy atom. The maximum absolute atomic E-state index is 5.62. The van der Waals surface area contributed by atoms with Gasteiger partial charge >= 0.3 is 0 Å². The van der Waals surface area contributed by atoms with Gasteiger partial charge in [-0.25, -0.2) is 0 Å². The molecule has 1 saturated heterocycles. The molecule has 0 aromatic heterocycles. The van der Waals surface area contributed by atoms with E-state index in [9.17, 15) is 0 Å². The Labute approximate surface area is 87.2 Å². The van der Waals surface area contributed by atoms with Crippen molar-refractivity contribution in [3.05, 3.63) is 0 Å². The molecule has 84 valence electrons. The topological polar surface area (TPSA) is 30.5 Å². The van der Waals surface area contributed by atoms with E-state index in [1.807, 2.05) is 0 Å². The van der Waals surface area contributed by atoms with Gasteiger partial charge in [-0.05, 0) is 38.3 Å². The van der Waals surface area contributed by atoms with Gasteiger partial charge in [0, 0.05) is 26.4 Å². The van der Waals surface area contributed by atoms with Crippen LogP contribution in [0.15, 0.2) is 0 Å². The van der Waals surface area contributed by atoms with Gasteiger partial charge in [0.05, 0.1) is 0 Å². The molecule has 0 aromatic rings. The van der Waals surface area contributed by atoms with Crippen LogP contribution in [-0.4, -0.2) is 39.5 Å². The smallest absolute Gasteiger partial charge is 0.0495 e. The zero-order chi connectivity index (χ0) is 10.1. The van der Waals surface area contributed by atoms with E-state index in [0.29, 0.717) is 0 Å². The van der Waals surface area contributed by atoms with E-state index in [1.54, 1.807) is 0 Å². The van der Waals surface area contributed by atoms with Gasteiger partial charge in [0.1, 0.15) is 0 Å². The highest BCUT2D eigenvalue weighted by atomic mass is 16.5. The molecule has 14 heavy (non-hydrogen) atoms. The van der Waals surface area contributed by atoms with Crippen molar-refractivity contribution in [1.29, 1.82) is 0 Å². The molecule has 3 heteroatoms. The van der Waals surface area contributed by atoms with Crippen LogP contribution in [0.1, 0.15) is 26.2 Å². The Morgan fingerprint density at radius 1 is 1.36 bits per heavy atom. The van der Waals surface area contributed by atoms with E-state index in [2.05, 4.69) is 12.2 Å². The van der Waals surface area contributed by atoms with Crippen molar-refractivity contribution < 1.29 is 9.47 Å². The number of ether oxygens (including phenoxy) is 2. The second-order valence-corrected chi connectivity index (χ2v) is 3.84. The van der Waals surface area contributed by atoms with Gasteiger partial charge in [0.2, 0.25) is 0 Å². The fourth-order valence-electron chi connectivity index (χ4n) is 1.64. The molecule has 0 aliphatic carbocycles. The molecule has 0 saturated carbocycles. The molecule has 0 atom stereocenters. The third kappa shape index (κ3) is 5.58. The Morgan fingerprint density at radius 2 is 2.14 bits per heavy atom. The summed E-state index contributed by atoms with van der Waals surface area (Å²) in [6.45, 7) is 7.92. The molecule has 0 spiro atoms. The van der Waals surface area contributed by atoms with Crippen molar-refractivity contribution in [1.82, 2.24) is 5.32 Å². The first-order valence-electron chi connectivity index (χ1n) is 5.79. The summed E-state index contributed by atoms with van der Waals surface area (Å²) >= 11 is 0. The fourth-order valence-corrected chi connectivity index (χ4v) is 1.64. The Bertz CT molecular complexity index is 124. The van der Waals surface area contributed by atoms with Crippen molar-refractivity contribution in [3.63, 3.8) is 0 Å². The molecule has 0 unspecified atom stereocenters. The summed E-state index contributed by atoms with van der Waals surface area (Å²) in [5.74, 6) is 0.739. The number of hydrogen-bond acceptors (Lipinski definition) is 3. The largest absolute Gasteiger partial charge is 0.381 e. The second-order valence-electron chi connectivity index (χ2n) is 3.84. The van der Waals surface area contributed by atoms with E-state index in [-0.39, 0.29) is 0 Å². The molecular formula is C11H23NO2. The van der Waals surface area contributed by atoms with Crippen LogP contribution >= 0.6 is 0 Å². The van der Waals surface area contributed by atoms with Crippen molar-refractivity contribution in [3.8, 4) is 0 Å².